The van der Waals surface area contributed by atoms with Crippen molar-refractivity contribution in [1.29, 1.82) is 0 Å². The number of phenolic OH excluding ortho intramolecular Hbond substituents is 1. The Morgan fingerprint density at radius 1 is 1.05 bits per heavy atom. The molecule has 22 heavy (non-hydrogen) atoms. The van der Waals surface area contributed by atoms with Crippen molar-refractivity contribution in [2.45, 2.75) is 12.5 Å². The van der Waals surface area contributed by atoms with Gasteiger partial charge in [-0.1, -0.05) is 12.1 Å². The molecular formula is C15H12I3NO3. The maximum atomic E-state index is 11.6. The number of hydrogen-bond donors (Lipinski definition) is 1. The molecule has 1 atom stereocenters. The van der Waals surface area contributed by atoms with Gasteiger partial charge in [-0.05, 0) is 48.4 Å². The molecule has 0 aromatic heterocycles. The van der Waals surface area contributed by atoms with E-state index in [1.807, 2.05) is 48.2 Å². The topological polar surface area (TPSA) is 49.8 Å². The highest BCUT2D eigenvalue weighted by Gasteiger charge is 2.21. The van der Waals surface area contributed by atoms with Crippen molar-refractivity contribution in [3.8, 4) is 17.2 Å². The van der Waals surface area contributed by atoms with E-state index < -0.39 is 0 Å². The van der Waals surface area contributed by atoms with E-state index >= 15 is 0 Å². The number of carbonyl (C=O) groups is 1. The van der Waals surface area contributed by atoms with Crippen molar-refractivity contribution in [3.63, 3.8) is 0 Å². The van der Waals surface area contributed by atoms with Crippen molar-refractivity contribution >= 4 is 72.1 Å². The second-order valence-corrected chi connectivity index (χ2v) is 9.51. The molecule has 0 bridgehead atoms. The molecule has 0 heterocycles. The van der Waals surface area contributed by atoms with E-state index in [1.165, 1.54) is 0 Å². The highest BCUT2D eigenvalue weighted by atomic mass is 127. The van der Waals surface area contributed by atoms with Crippen LogP contribution in [0.2, 0.25) is 0 Å². The van der Waals surface area contributed by atoms with Gasteiger partial charge in [-0.3, -0.25) is 4.79 Å². The molecule has 7 heteroatoms. The maximum Gasteiger partial charge on any atom is 0.211 e. The van der Waals surface area contributed by atoms with Gasteiger partial charge in [-0.25, -0.2) is 0 Å². The molecule has 0 aliphatic rings. The minimum Gasteiger partial charge on any atom is -0.508 e. The Bertz CT molecular complexity index is 629. The number of rotatable bonds is 6. The summed E-state index contributed by atoms with van der Waals surface area (Å²) >= 11 is 6.08. The number of carbonyl (C=O) groups excluding carboxylic acids is 1. The smallest absolute Gasteiger partial charge is 0.211 e. The summed E-state index contributed by atoms with van der Waals surface area (Å²) in [5.41, 5.74) is 1.08. The van der Waals surface area contributed by atoms with Gasteiger partial charge in [0.05, 0.1) is 0 Å². The normalized spacial score (nSPS) is 12.2. The van der Waals surface area contributed by atoms with Gasteiger partial charge >= 0.3 is 0 Å². The highest BCUT2D eigenvalue weighted by molar-refractivity contribution is 14.2. The third-order valence-electron chi connectivity index (χ3n) is 2.92. The van der Waals surface area contributed by atoms with Crippen LogP contribution in [-0.2, 0) is 11.2 Å². The van der Waals surface area contributed by atoms with Crippen molar-refractivity contribution in [2.24, 2.45) is 0 Å². The lowest BCUT2D eigenvalue weighted by Crippen LogP contribution is -2.27. The summed E-state index contributed by atoms with van der Waals surface area (Å²) in [4.78, 5) is 11.6. The Kier molecular flexibility index (Phi) is 7.15. The summed E-state index contributed by atoms with van der Waals surface area (Å²) in [5.74, 6) is 1.59. The Hall–Kier alpha value is -0.140. The Labute approximate surface area is 170 Å². The van der Waals surface area contributed by atoms with Crippen LogP contribution in [0.1, 0.15) is 5.56 Å². The van der Waals surface area contributed by atoms with Gasteiger partial charge in [0.1, 0.15) is 23.3 Å². The fourth-order valence-corrected chi connectivity index (χ4v) is 4.26. The van der Waals surface area contributed by atoms with Crippen LogP contribution in [0.3, 0.4) is 0 Å². The Morgan fingerprint density at radius 2 is 1.55 bits per heavy atom. The third kappa shape index (κ3) is 5.49. The second-order valence-electron chi connectivity index (χ2n) is 4.52. The van der Waals surface area contributed by atoms with E-state index in [1.54, 1.807) is 24.3 Å². The zero-order valence-corrected chi connectivity index (χ0v) is 17.7. The lowest BCUT2D eigenvalue weighted by Gasteiger charge is -2.16. The summed E-state index contributed by atoms with van der Waals surface area (Å²) in [7, 11) is 0. The fourth-order valence-electron chi connectivity index (χ4n) is 1.79. The number of benzene rings is 2. The monoisotopic (exact) mass is 635 g/mol. The molecule has 0 radical (unpaired) electrons. The summed E-state index contributed by atoms with van der Waals surface area (Å²) in [6, 6.07) is 14.1. The minimum absolute atomic E-state index is 0.116. The average Bonchev–Trinajstić information content (AvgIpc) is 2.48. The summed E-state index contributed by atoms with van der Waals surface area (Å²) < 4.78 is 7.68. The van der Waals surface area contributed by atoms with Crippen LogP contribution in [0.5, 0.6) is 17.2 Å². The Morgan fingerprint density at radius 3 is 2.00 bits per heavy atom. The van der Waals surface area contributed by atoms with E-state index in [4.69, 9.17) is 4.74 Å². The summed E-state index contributed by atoms with van der Waals surface area (Å²) in [6.45, 7) is 0. The van der Waals surface area contributed by atoms with Crippen molar-refractivity contribution in [2.75, 3.05) is 0 Å². The molecule has 4 nitrogen and oxygen atoms in total. The zero-order chi connectivity index (χ0) is 16.1. The number of hydrogen-bond acceptors (Lipinski definition) is 4. The molecule has 0 aliphatic heterocycles. The largest absolute Gasteiger partial charge is 0.508 e. The minimum atomic E-state index is -0.148. The van der Waals surface area contributed by atoms with Crippen LogP contribution in [0, 0.1) is 0 Å². The first-order valence-corrected chi connectivity index (χ1v) is 9.32. The van der Waals surface area contributed by atoms with Crippen LogP contribution < -0.4 is 4.74 Å². The van der Waals surface area contributed by atoms with E-state index in [0.717, 1.165) is 5.56 Å². The fraction of sp³-hybridized carbons (Fsp3) is 0.133. The van der Waals surface area contributed by atoms with Gasteiger partial charge in [-0.15, -0.1) is 0 Å². The van der Waals surface area contributed by atoms with Crippen LogP contribution in [-0.4, -0.2) is 16.3 Å². The first-order chi connectivity index (χ1) is 10.5. The molecular weight excluding hydrogens is 623 g/mol. The summed E-state index contributed by atoms with van der Waals surface area (Å²) in [5, 5.41) is 9.24. The molecule has 0 saturated carbocycles. The van der Waals surface area contributed by atoms with E-state index in [2.05, 4.69) is 45.7 Å². The van der Waals surface area contributed by atoms with Gasteiger partial charge in [0.25, 0.3) is 0 Å². The number of ether oxygens (including phenoxy) is 1. The Balaban J connectivity index is 2.03. The first-order valence-electron chi connectivity index (χ1n) is 6.31. The van der Waals surface area contributed by atoms with Crippen LogP contribution >= 0.6 is 68.3 Å². The third-order valence-corrected chi connectivity index (χ3v) is 4.99. The molecule has 0 amide bonds. The lowest BCUT2D eigenvalue weighted by molar-refractivity contribution is -0.111. The van der Waals surface area contributed by atoms with Gasteiger partial charge in [0.15, 0.2) is 0 Å². The van der Waals surface area contributed by atoms with Crippen molar-refractivity contribution in [1.82, 2.24) is 1.33 Å². The molecule has 0 spiro atoms. The molecule has 116 valence electrons. The molecule has 2 aromatic carbocycles. The van der Waals surface area contributed by atoms with E-state index in [0.29, 0.717) is 17.9 Å². The summed E-state index contributed by atoms with van der Waals surface area (Å²) in [6.07, 6.45) is 0.660. The number of phenols is 1. The van der Waals surface area contributed by atoms with Gasteiger partial charge in [0.2, 0.25) is 3.79 Å². The molecule has 1 N–H and O–H groups in total. The first kappa shape index (κ1) is 18.2. The lowest BCUT2D eigenvalue weighted by atomic mass is 10.1. The average molecular weight is 635 g/mol. The number of aromatic hydroxyl groups is 1. The molecule has 2 rings (SSSR count). The number of halogens is 3. The van der Waals surface area contributed by atoms with E-state index in [9.17, 15) is 9.90 Å². The maximum absolute atomic E-state index is 11.6. The molecule has 0 unspecified atom stereocenters. The molecule has 0 aliphatic carbocycles. The predicted molar refractivity (Wildman–Crippen MR) is 111 cm³/mol. The van der Waals surface area contributed by atoms with Gasteiger partial charge in [0, 0.05) is 68.3 Å². The highest BCUT2D eigenvalue weighted by Crippen LogP contribution is 2.25. The number of nitrogens with zero attached hydrogens (tertiary/aromatic N) is 1. The van der Waals surface area contributed by atoms with Crippen LogP contribution in [0.15, 0.2) is 48.5 Å². The zero-order valence-electron chi connectivity index (χ0n) is 11.2. The van der Waals surface area contributed by atoms with Gasteiger partial charge in [-0.2, -0.15) is 1.33 Å². The molecule has 2 aromatic rings. The molecule has 0 saturated heterocycles. The van der Waals surface area contributed by atoms with Gasteiger partial charge < -0.3 is 9.84 Å². The van der Waals surface area contributed by atoms with E-state index in [-0.39, 0.29) is 15.6 Å². The predicted octanol–water partition coefficient (Wildman–Crippen LogP) is 5.06. The molecule has 0 fully saturated rings. The second kappa shape index (κ2) is 8.64. The van der Waals surface area contributed by atoms with Crippen molar-refractivity contribution < 1.29 is 14.6 Å². The SMILES string of the molecule is O=C(I)[C@H](Cc1ccc(Oc2ccc(O)cc2)cc1)N(I)I. The van der Waals surface area contributed by atoms with Crippen LogP contribution in [0.4, 0.5) is 0 Å². The van der Waals surface area contributed by atoms with Crippen molar-refractivity contribution in [3.05, 3.63) is 54.1 Å². The standard InChI is InChI=1S/C15H12I3NO3/c16-15(21)14(19(17)18)9-10-1-5-12(6-2-10)22-13-7-3-11(20)4-8-13/h1-8,14,20H,9H2/t14-/m0/s1. The quantitative estimate of drug-likeness (QED) is 0.274. The van der Waals surface area contributed by atoms with Crippen LogP contribution in [0.25, 0.3) is 0 Å².